The molecule has 3 rings (SSSR count). The standard InChI is InChI=1S/C22H24F3NO3/c1-16-5-2-3-8-19(16)29-14-11-26-20(27)21(9-12-28-13-10-21)17-6-4-7-18(15-17)22(23,24)25/h2-8,15H,9-14H2,1H3,(H,26,27). The molecular weight excluding hydrogens is 383 g/mol. The summed E-state index contributed by atoms with van der Waals surface area (Å²) in [5.41, 5.74) is -0.435. The van der Waals surface area contributed by atoms with Gasteiger partial charge in [0.05, 0.1) is 17.5 Å². The molecule has 7 heteroatoms. The van der Waals surface area contributed by atoms with E-state index < -0.39 is 17.2 Å². The number of alkyl halides is 3. The average molecular weight is 407 g/mol. The Morgan fingerprint density at radius 1 is 1.14 bits per heavy atom. The molecule has 1 aliphatic heterocycles. The number of carbonyl (C=O) groups is 1. The van der Waals surface area contributed by atoms with Gasteiger partial charge in [-0.15, -0.1) is 0 Å². The Hall–Kier alpha value is -2.54. The van der Waals surface area contributed by atoms with Gasteiger partial charge < -0.3 is 14.8 Å². The Kier molecular flexibility index (Phi) is 6.47. The van der Waals surface area contributed by atoms with Crippen LogP contribution < -0.4 is 10.1 Å². The van der Waals surface area contributed by atoms with Gasteiger partial charge in [0.15, 0.2) is 0 Å². The Morgan fingerprint density at radius 2 is 1.86 bits per heavy atom. The molecule has 1 aliphatic rings. The molecule has 0 radical (unpaired) electrons. The molecule has 1 fully saturated rings. The summed E-state index contributed by atoms with van der Waals surface area (Å²) >= 11 is 0. The summed E-state index contributed by atoms with van der Waals surface area (Å²) in [7, 11) is 0. The zero-order valence-electron chi connectivity index (χ0n) is 16.2. The third kappa shape index (κ3) is 4.90. The number of ether oxygens (including phenoxy) is 2. The number of nitrogens with one attached hydrogen (secondary N) is 1. The van der Waals surface area contributed by atoms with Gasteiger partial charge in [-0.1, -0.05) is 36.4 Å². The van der Waals surface area contributed by atoms with Crippen LogP contribution in [0, 0.1) is 6.92 Å². The largest absolute Gasteiger partial charge is 0.491 e. The van der Waals surface area contributed by atoms with Gasteiger partial charge in [0, 0.05) is 13.2 Å². The third-order valence-electron chi connectivity index (χ3n) is 5.26. The minimum atomic E-state index is -4.46. The lowest BCUT2D eigenvalue weighted by Gasteiger charge is -2.36. The van der Waals surface area contributed by atoms with Crippen molar-refractivity contribution in [1.82, 2.24) is 5.32 Å². The maximum absolute atomic E-state index is 13.2. The van der Waals surface area contributed by atoms with E-state index >= 15 is 0 Å². The normalized spacial score (nSPS) is 16.3. The summed E-state index contributed by atoms with van der Waals surface area (Å²) < 4.78 is 50.5. The number of aryl methyl sites for hydroxylation is 1. The predicted molar refractivity (Wildman–Crippen MR) is 103 cm³/mol. The van der Waals surface area contributed by atoms with Crippen LogP contribution in [0.15, 0.2) is 48.5 Å². The van der Waals surface area contributed by atoms with E-state index in [1.54, 1.807) is 6.07 Å². The van der Waals surface area contributed by atoms with Gasteiger partial charge >= 0.3 is 6.18 Å². The van der Waals surface area contributed by atoms with Crippen LogP contribution in [0.3, 0.4) is 0 Å². The van der Waals surface area contributed by atoms with Crippen molar-refractivity contribution >= 4 is 5.91 Å². The summed E-state index contributed by atoms with van der Waals surface area (Å²) in [6, 6.07) is 12.6. The highest BCUT2D eigenvalue weighted by Crippen LogP contribution is 2.38. The molecule has 1 heterocycles. The van der Waals surface area contributed by atoms with Crippen LogP contribution >= 0.6 is 0 Å². The molecular formula is C22H24F3NO3. The fourth-order valence-corrected chi connectivity index (χ4v) is 3.57. The smallest absolute Gasteiger partial charge is 0.416 e. The zero-order chi connectivity index (χ0) is 20.9. The Bertz CT molecular complexity index is 845. The quantitative estimate of drug-likeness (QED) is 0.728. The number of benzene rings is 2. The van der Waals surface area contributed by atoms with Gasteiger partial charge in [-0.3, -0.25) is 4.79 Å². The second-order valence-electron chi connectivity index (χ2n) is 7.14. The van der Waals surface area contributed by atoms with Crippen LogP contribution in [0.1, 0.15) is 29.5 Å². The van der Waals surface area contributed by atoms with Crippen molar-refractivity contribution in [3.8, 4) is 5.75 Å². The zero-order valence-corrected chi connectivity index (χ0v) is 16.2. The first kappa shape index (κ1) is 21.2. The van der Waals surface area contributed by atoms with Crippen LogP contribution in [0.4, 0.5) is 13.2 Å². The van der Waals surface area contributed by atoms with Crippen molar-refractivity contribution in [2.45, 2.75) is 31.4 Å². The monoisotopic (exact) mass is 407 g/mol. The fourth-order valence-electron chi connectivity index (χ4n) is 3.57. The SMILES string of the molecule is Cc1ccccc1OCCNC(=O)C1(c2cccc(C(F)(F)F)c2)CCOCC1. The third-order valence-corrected chi connectivity index (χ3v) is 5.26. The number of carbonyl (C=O) groups excluding carboxylic acids is 1. The maximum Gasteiger partial charge on any atom is 0.416 e. The van der Waals surface area contributed by atoms with Gasteiger partial charge in [-0.05, 0) is 43.0 Å². The van der Waals surface area contributed by atoms with Crippen LogP contribution in [0.25, 0.3) is 0 Å². The molecule has 1 amide bonds. The number of halogens is 3. The van der Waals surface area contributed by atoms with Gasteiger partial charge in [-0.25, -0.2) is 0 Å². The molecule has 0 aromatic heterocycles. The molecule has 0 atom stereocenters. The molecule has 2 aromatic carbocycles. The second-order valence-corrected chi connectivity index (χ2v) is 7.14. The van der Waals surface area contributed by atoms with Crippen LogP contribution in [0.5, 0.6) is 5.75 Å². The first-order chi connectivity index (χ1) is 13.8. The summed E-state index contributed by atoms with van der Waals surface area (Å²) in [6.45, 7) is 3.10. The summed E-state index contributed by atoms with van der Waals surface area (Å²) in [5, 5.41) is 2.84. The lowest BCUT2D eigenvalue weighted by Crippen LogP contribution is -2.49. The van der Waals surface area contributed by atoms with Crippen molar-refractivity contribution in [2.75, 3.05) is 26.4 Å². The second kappa shape index (κ2) is 8.86. The van der Waals surface area contributed by atoms with Gasteiger partial charge in [0.25, 0.3) is 0 Å². The molecule has 1 N–H and O–H groups in total. The van der Waals surface area contributed by atoms with Gasteiger partial charge in [0.2, 0.25) is 5.91 Å². The van der Waals surface area contributed by atoms with Crippen molar-refractivity contribution < 1.29 is 27.4 Å². The minimum absolute atomic E-state index is 0.259. The Labute approximate surface area is 168 Å². The van der Waals surface area contributed by atoms with E-state index in [9.17, 15) is 18.0 Å². The number of hydrogen-bond acceptors (Lipinski definition) is 3. The highest BCUT2D eigenvalue weighted by molar-refractivity contribution is 5.88. The summed E-state index contributed by atoms with van der Waals surface area (Å²) in [4.78, 5) is 13.1. The van der Waals surface area contributed by atoms with Crippen molar-refractivity contribution in [3.63, 3.8) is 0 Å². The first-order valence-corrected chi connectivity index (χ1v) is 9.55. The topological polar surface area (TPSA) is 47.6 Å². The van der Waals surface area contributed by atoms with Gasteiger partial charge in [-0.2, -0.15) is 13.2 Å². The molecule has 0 unspecified atom stereocenters. The molecule has 0 saturated carbocycles. The van der Waals surface area contributed by atoms with E-state index in [2.05, 4.69) is 5.32 Å². The predicted octanol–water partition coefficient (Wildman–Crippen LogP) is 4.26. The minimum Gasteiger partial charge on any atom is -0.491 e. The van der Waals surface area contributed by atoms with Crippen LogP contribution in [-0.4, -0.2) is 32.3 Å². The first-order valence-electron chi connectivity index (χ1n) is 9.55. The molecule has 0 aliphatic carbocycles. The highest BCUT2D eigenvalue weighted by atomic mass is 19.4. The van der Waals surface area contributed by atoms with Crippen LogP contribution in [-0.2, 0) is 21.1 Å². The molecule has 4 nitrogen and oxygen atoms in total. The number of amides is 1. The number of rotatable bonds is 6. The van der Waals surface area contributed by atoms with E-state index in [1.807, 2.05) is 31.2 Å². The lowest BCUT2D eigenvalue weighted by atomic mass is 9.73. The average Bonchev–Trinajstić information content (AvgIpc) is 2.72. The van der Waals surface area contributed by atoms with E-state index in [0.29, 0.717) is 31.6 Å². The van der Waals surface area contributed by atoms with E-state index in [1.165, 1.54) is 6.07 Å². The van der Waals surface area contributed by atoms with E-state index in [4.69, 9.17) is 9.47 Å². The summed E-state index contributed by atoms with van der Waals surface area (Å²) in [5.74, 6) is 0.439. The Morgan fingerprint density at radius 3 is 2.55 bits per heavy atom. The highest BCUT2D eigenvalue weighted by Gasteiger charge is 2.43. The molecule has 29 heavy (non-hydrogen) atoms. The molecule has 0 spiro atoms. The maximum atomic E-state index is 13.2. The van der Waals surface area contributed by atoms with E-state index in [-0.39, 0.29) is 19.1 Å². The molecule has 156 valence electrons. The number of para-hydroxylation sites is 1. The van der Waals surface area contributed by atoms with Crippen LogP contribution in [0.2, 0.25) is 0 Å². The number of hydrogen-bond donors (Lipinski definition) is 1. The molecule has 1 saturated heterocycles. The van der Waals surface area contributed by atoms with Crippen molar-refractivity contribution in [2.24, 2.45) is 0 Å². The fraction of sp³-hybridized carbons (Fsp3) is 0.409. The lowest BCUT2D eigenvalue weighted by molar-refractivity contribution is -0.138. The molecule has 2 aromatic rings. The van der Waals surface area contributed by atoms with Crippen molar-refractivity contribution in [1.29, 1.82) is 0 Å². The Balaban J connectivity index is 1.71. The molecule has 0 bridgehead atoms. The van der Waals surface area contributed by atoms with Gasteiger partial charge in [0.1, 0.15) is 12.4 Å². The van der Waals surface area contributed by atoms with Crippen molar-refractivity contribution in [3.05, 3.63) is 65.2 Å². The summed E-state index contributed by atoms with van der Waals surface area (Å²) in [6.07, 6.45) is -3.79. The van der Waals surface area contributed by atoms with E-state index in [0.717, 1.165) is 23.4 Å².